The third-order valence-corrected chi connectivity index (χ3v) is 7.03. The molecule has 0 bridgehead atoms. The van der Waals surface area contributed by atoms with Crippen molar-refractivity contribution in [2.24, 2.45) is 0 Å². The number of carbonyl (C=O) groups excluding carboxylic acids is 1. The van der Waals surface area contributed by atoms with Gasteiger partial charge in [0.15, 0.2) is 0 Å². The van der Waals surface area contributed by atoms with Crippen molar-refractivity contribution in [3.63, 3.8) is 0 Å². The number of aromatic nitrogens is 3. The van der Waals surface area contributed by atoms with Gasteiger partial charge in [-0.25, -0.2) is 14.8 Å². The van der Waals surface area contributed by atoms with E-state index in [4.69, 9.17) is 16.6 Å². The van der Waals surface area contributed by atoms with Gasteiger partial charge in [0.05, 0.1) is 16.9 Å². The van der Waals surface area contributed by atoms with Crippen molar-refractivity contribution in [3.05, 3.63) is 41.7 Å². The Balaban J connectivity index is 1.19. The van der Waals surface area contributed by atoms with Gasteiger partial charge in [-0.1, -0.05) is 29.8 Å². The molecule has 9 heteroatoms. The van der Waals surface area contributed by atoms with Gasteiger partial charge < -0.3 is 25.4 Å². The summed E-state index contributed by atoms with van der Waals surface area (Å²) < 4.78 is 0. The van der Waals surface area contributed by atoms with Crippen molar-refractivity contribution in [1.82, 2.24) is 30.1 Å². The third-order valence-electron chi connectivity index (χ3n) is 6.75. The fraction of sp³-hybridized carbons (Fsp3) is 0.458. The zero-order valence-corrected chi connectivity index (χ0v) is 19.6. The molecule has 0 radical (unpaired) electrons. The molecular weight excluding hydrogens is 438 g/mol. The monoisotopic (exact) mass is 467 g/mol. The Hall–Kier alpha value is -2.84. The molecule has 174 valence electrons. The van der Waals surface area contributed by atoms with Crippen molar-refractivity contribution < 1.29 is 4.79 Å². The molecule has 0 aliphatic carbocycles. The van der Waals surface area contributed by atoms with Gasteiger partial charge in [-0.2, -0.15) is 0 Å². The summed E-state index contributed by atoms with van der Waals surface area (Å²) in [7, 11) is 2.13. The lowest BCUT2D eigenvalue weighted by atomic mass is 10.0. The minimum atomic E-state index is 0.0624. The number of urea groups is 1. The number of likely N-dealkylation sites (tertiary alicyclic amines) is 2. The van der Waals surface area contributed by atoms with Crippen LogP contribution in [0.2, 0.25) is 5.02 Å². The lowest BCUT2D eigenvalue weighted by Gasteiger charge is -2.35. The zero-order valence-electron chi connectivity index (χ0n) is 18.9. The van der Waals surface area contributed by atoms with Gasteiger partial charge in [0.25, 0.3) is 0 Å². The van der Waals surface area contributed by atoms with Crippen LogP contribution in [0.5, 0.6) is 0 Å². The highest BCUT2D eigenvalue weighted by Gasteiger charge is 2.26. The maximum Gasteiger partial charge on any atom is 0.317 e. The number of rotatable bonds is 4. The van der Waals surface area contributed by atoms with Gasteiger partial charge in [-0.05, 0) is 51.9 Å². The molecule has 0 atom stereocenters. The van der Waals surface area contributed by atoms with Crippen molar-refractivity contribution in [3.8, 4) is 11.3 Å². The number of amides is 2. The standard InChI is InChI=1S/C24H30ClN7O/c1-31-10-6-17(7-11-31)29-24(33)32-12-8-16(9-13-32)28-23-27-15-20(25)22(30-23)19-14-26-21-5-3-2-4-18(19)21/h2-5,14-17,26H,6-13H2,1H3,(H,29,33)(H,27,28,30). The molecule has 2 aliphatic heterocycles. The minimum Gasteiger partial charge on any atom is -0.360 e. The molecule has 2 aromatic heterocycles. The number of piperidine rings is 2. The number of halogens is 1. The highest BCUT2D eigenvalue weighted by Crippen LogP contribution is 2.32. The fourth-order valence-electron chi connectivity index (χ4n) is 4.72. The Morgan fingerprint density at radius 1 is 1.09 bits per heavy atom. The number of carbonyl (C=O) groups is 1. The lowest BCUT2D eigenvalue weighted by molar-refractivity contribution is 0.169. The normalized spacial score (nSPS) is 18.5. The van der Waals surface area contributed by atoms with E-state index in [1.165, 1.54) is 0 Å². The Kier molecular flexibility index (Phi) is 6.37. The van der Waals surface area contributed by atoms with E-state index < -0.39 is 0 Å². The first-order chi connectivity index (χ1) is 16.1. The Labute approximate surface area is 198 Å². The number of H-pyrrole nitrogens is 1. The summed E-state index contributed by atoms with van der Waals surface area (Å²) in [5.74, 6) is 0.564. The summed E-state index contributed by atoms with van der Waals surface area (Å²) in [5, 5.41) is 8.26. The maximum absolute atomic E-state index is 12.7. The van der Waals surface area contributed by atoms with Gasteiger partial charge in [0, 0.05) is 47.8 Å². The second-order valence-electron chi connectivity index (χ2n) is 9.07. The molecule has 5 rings (SSSR count). The van der Waals surface area contributed by atoms with Crippen LogP contribution in [-0.2, 0) is 0 Å². The highest BCUT2D eigenvalue weighted by atomic mass is 35.5. The Morgan fingerprint density at radius 2 is 1.82 bits per heavy atom. The predicted molar refractivity (Wildman–Crippen MR) is 132 cm³/mol. The summed E-state index contributed by atoms with van der Waals surface area (Å²) >= 11 is 6.45. The lowest BCUT2D eigenvalue weighted by Crippen LogP contribution is -2.51. The number of aromatic amines is 1. The van der Waals surface area contributed by atoms with E-state index in [2.05, 4.69) is 38.6 Å². The SMILES string of the molecule is CN1CCC(NC(=O)N2CCC(Nc3ncc(Cl)c(-c4c[nH]c5ccccc45)n3)CC2)CC1. The summed E-state index contributed by atoms with van der Waals surface area (Å²) in [6.07, 6.45) is 7.34. The molecule has 4 heterocycles. The average molecular weight is 468 g/mol. The number of hydrogen-bond acceptors (Lipinski definition) is 5. The van der Waals surface area contributed by atoms with E-state index in [1.807, 2.05) is 29.3 Å². The van der Waals surface area contributed by atoms with E-state index in [9.17, 15) is 4.79 Å². The van der Waals surface area contributed by atoms with Gasteiger partial charge >= 0.3 is 6.03 Å². The van der Waals surface area contributed by atoms with Gasteiger partial charge in [0.2, 0.25) is 5.95 Å². The maximum atomic E-state index is 12.7. The summed E-state index contributed by atoms with van der Waals surface area (Å²) in [6.45, 7) is 3.52. The van der Waals surface area contributed by atoms with Crippen molar-refractivity contribution in [1.29, 1.82) is 0 Å². The van der Waals surface area contributed by atoms with Crippen LogP contribution in [0.4, 0.5) is 10.7 Å². The number of para-hydroxylation sites is 1. The van der Waals surface area contributed by atoms with E-state index in [0.717, 1.165) is 68.3 Å². The third kappa shape index (κ3) is 4.91. The van der Waals surface area contributed by atoms with Gasteiger partial charge in [0.1, 0.15) is 0 Å². The van der Waals surface area contributed by atoms with Crippen molar-refractivity contribution in [2.45, 2.75) is 37.8 Å². The molecule has 33 heavy (non-hydrogen) atoms. The Bertz CT molecular complexity index is 1120. The van der Waals surface area contributed by atoms with E-state index in [-0.39, 0.29) is 18.1 Å². The van der Waals surface area contributed by atoms with Gasteiger partial charge in [-0.15, -0.1) is 0 Å². The molecule has 8 nitrogen and oxygen atoms in total. The number of fused-ring (bicyclic) bond motifs is 1. The second kappa shape index (κ2) is 9.57. The first kappa shape index (κ1) is 22.0. The second-order valence-corrected chi connectivity index (χ2v) is 9.48. The van der Waals surface area contributed by atoms with E-state index >= 15 is 0 Å². The molecule has 1 aromatic carbocycles. The van der Waals surface area contributed by atoms with Crippen LogP contribution in [0.25, 0.3) is 22.2 Å². The predicted octanol–water partition coefficient (Wildman–Crippen LogP) is 3.96. The summed E-state index contributed by atoms with van der Waals surface area (Å²) in [4.78, 5) is 29.3. The number of nitrogens with one attached hydrogen (secondary N) is 3. The summed E-state index contributed by atoms with van der Waals surface area (Å²) in [6, 6.07) is 8.65. The number of benzene rings is 1. The number of nitrogens with zero attached hydrogens (tertiary/aromatic N) is 4. The van der Waals surface area contributed by atoms with Crippen LogP contribution in [0.15, 0.2) is 36.7 Å². The average Bonchev–Trinajstić information content (AvgIpc) is 3.26. The molecule has 0 spiro atoms. The summed E-state index contributed by atoms with van der Waals surface area (Å²) in [5.41, 5.74) is 2.71. The van der Waals surface area contributed by atoms with Crippen LogP contribution in [-0.4, -0.2) is 76.1 Å². The number of hydrogen-bond donors (Lipinski definition) is 3. The molecule has 0 saturated carbocycles. The molecule has 2 amide bonds. The Morgan fingerprint density at radius 3 is 2.61 bits per heavy atom. The van der Waals surface area contributed by atoms with E-state index in [1.54, 1.807) is 6.20 Å². The zero-order chi connectivity index (χ0) is 22.8. The van der Waals surface area contributed by atoms with Crippen LogP contribution in [0, 0.1) is 0 Å². The topological polar surface area (TPSA) is 89.2 Å². The molecular formula is C24H30ClN7O. The molecule has 2 saturated heterocycles. The molecule has 0 unspecified atom stereocenters. The molecule has 3 N–H and O–H groups in total. The highest BCUT2D eigenvalue weighted by molar-refractivity contribution is 6.33. The number of anilines is 1. The van der Waals surface area contributed by atoms with Crippen LogP contribution in [0.3, 0.4) is 0 Å². The quantitative estimate of drug-likeness (QED) is 0.540. The largest absolute Gasteiger partial charge is 0.360 e. The van der Waals surface area contributed by atoms with Crippen LogP contribution >= 0.6 is 11.6 Å². The van der Waals surface area contributed by atoms with Crippen LogP contribution in [0.1, 0.15) is 25.7 Å². The molecule has 2 aliphatic rings. The van der Waals surface area contributed by atoms with Crippen LogP contribution < -0.4 is 10.6 Å². The van der Waals surface area contributed by atoms with E-state index in [0.29, 0.717) is 16.7 Å². The first-order valence-electron chi connectivity index (χ1n) is 11.7. The van der Waals surface area contributed by atoms with Gasteiger partial charge in [-0.3, -0.25) is 0 Å². The molecule has 3 aromatic rings. The minimum absolute atomic E-state index is 0.0624. The van der Waals surface area contributed by atoms with Crippen molar-refractivity contribution in [2.75, 3.05) is 38.5 Å². The fourth-order valence-corrected chi connectivity index (χ4v) is 4.91. The smallest absolute Gasteiger partial charge is 0.317 e. The molecule has 2 fully saturated rings. The van der Waals surface area contributed by atoms with Crippen molar-refractivity contribution >= 4 is 34.5 Å². The first-order valence-corrected chi connectivity index (χ1v) is 12.0.